The van der Waals surface area contributed by atoms with Gasteiger partial charge in [-0.3, -0.25) is 24.0 Å². The third kappa shape index (κ3) is 61.6. The van der Waals surface area contributed by atoms with Crippen LogP contribution in [0, 0.1) is 13.1 Å². The molecule has 0 heterocycles. The fourth-order valence-electron chi connectivity index (χ4n) is 3.76. The highest BCUT2D eigenvalue weighted by Gasteiger charge is 2.41. The summed E-state index contributed by atoms with van der Waals surface area (Å²) in [7, 11) is 1.37. The van der Waals surface area contributed by atoms with Gasteiger partial charge in [0.05, 0.1) is 60.0 Å². The zero-order valence-electron chi connectivity index (χ0n) is 52.4. The minimum absolute atomic E-state index is 0.0116. The zero-order chi connectivity index (χ0) is 71.5. The minimum atomic E-state index is -3.54. The van der Waals surface area contributed by atoms with E-state index in [0.717, 1.165) is 5.56 Å². The van der Waals surface area contributed by atoms with Gasteiger partial charge in [0.1, 0.15) is 9.15 Å². The van der Waals surface area contributed by atoms with Gasteiger partial charge in [-0.05, 0) is 110 Å². The van der Waals surface area contributed by atoms with E-state index in [-0.39, 0.29) is 61.4 Å². The Kier molecular flexibility index (Phi) is 71.4. The van der Waals surface area contributed by atoms with E-state index in [0.29, 0.717) is 24.9 Å². The second kappa shape index (κ2) is 63.9. The quantitative estimate of drug-likeness (QED) is 0.0317. The lowest BCUT2D eigenvalue weighted by atomic mass is 10.1. The number of ether oxygens (including phenoxy) is 9. The Morgan fingerprint density at radius 2 is 0.807 bits per heavy atom. The number of rotatable bonds is 19. The molecule has 32 heteroatoms. The second-order valence-corrected chi connectivity index (χ2v) is 25.8. The maximum atomic E-state index is 11.7. The van der Waals surface area contributed by atoms with Crippen LogP contribution < -0.4 is 0 Å². The Morgan fingerprint density at radius 3 is 1.02 bits per heavy atom. The Labute approximate surface area is 593 Å². The van der Waals surface area contributed by atoms with Crippen LogP contribution in [0.4, 0.5) is 13.2 Å². The lowest BCUT2D eigenvalue weighted by Gasteiger charge is -2.17. The van der Waals surface area contributed by atoms with Crippen LogP contribution in [-0.2, 0) is 85.8 Å². The van der Waals surface area contributed by atoms with Crippen LogP contribution in [0.5, 0.6) is 0 Å². The van der Waals surface area contributed by atoms with Crippen molar-refractivity contribution in [3.63, 3.8) is 0 Å². The second-order valence-electron chi connectivity index (χ2n) is 15.0. The van der Waals surface area contributed by atoms with Crippen molar-refractivity contribution < 1.29 is 100 Å². The molecule has 2 rings (SSSR count). The summed E-state index contributed by atoms with van der Waals surface area (Å²) in [5, 5.41) is -1.68. The van der Waals surface area contributed by atoms with Gasteiger partial charge in [0, 0.05) is 60.9 Å². The van der Waals surface area contributed by atoms with Crippen molar-refractivity contribution in [2.45, 2.75) is 147 Å². The number of halogens is 12. The largest absolute Gasteiger partial charge is 0.468 e. The van der Waals surface area contributed by atoms with Gasteiger partial charge in [-0.15, -0.1) is 0 Å². The van der Waals surface area contributed by atoms with Gasteiger partial charge in [-0.25, -0.2) is 41.5 Å². The number of methoxy groups -OCH3 is 1. The van der Waals surface area contributed by atoms with Crippen LogP contribution >= 0.6 is 143 Å². The van der Waals surface area contributed by atoms with Crippen LogP contribution in [0.15, 0.2) is 60.7 Å². The molecule has 0 aliphatic carbocycles. The van der Waals surface area contributed by atoms with E-state index < -0.39 is 70.1 Å². The van der Waals surface area contributed by atoms with E-state index in [2.05, 4.69) is 194 Å². The summed E-state index contributed by atoms with van der Waals surface area (Å²) < 4.78 is 80.0. The molecule has 0 aliphatic heterocycles. The molecule has 5 unspecified atom stereocenters. The Morgan fingerprint density at radius 1 is 0.511 bits per heavy atom. The highest BCUT2D eigenvalue weighted by atomic mass is 79.9. The molecule has 5 atom stereocenters. The summed E-state index contributed by atoms with van der Waals surface area (Å²) in [5.74, 6) is -5.93. The van der Waals surface area contributed by atoms with Crippen molar-refractivity contribution in [1.29, 1.82) is 0 Å². The molecule has 0 radical (unpaired) electrons. The summed E-state index contributed by atoms with van der Waals surface area (Å²) in [5.41, 5.74) is 2.25. The maximum absolute atomic E-state index is 11.7. The van der Waals surface area contributed by atoms with Crippen LogP contribution in [0.1, 0.15) is 126 Å². The summed E-state index contributed by atoms with van der Waals surface area (Å²) in [6.07, 6.45) is 0. The number of carbonyl (C=O) groups is 9. The average Bonchev–Trinajstić information content (AvgIpc) is 3.22. The average molecular weight is 1850 g/mol. The molecule has 0 saturated heterocycles. The number of hydrogen-bond acceptors (Lipinski definition) is 18. The van der Waals surface area contributed by atoms with Crippen LogP contribution in [-0.4, -0.2) is 147 Å². The Balaban J connectivity index is -0.000000139. The highest BCUT2D eigenvalue weighted by molar-refractivity contribution is 9.11. The van der Waals surface area contributed by atoms with E-state index in [1.807, 2.05) is 64.5 Å². The van der Waals surface area contributed by atoms with E-state index >= 15 is 0 Å². The maximum Gasteiger partial charge on any atom is 0.402 e. The van der Waals surface area contributed by atoms with Gasteiger partial charge in [0.15, 0.2) is 0 Å². The van der Waals surface area contributed by atoms with Gasteiger partial charge >= 0.3 is 63.5 Å². The third-order valence-corrected chi connectivity index (χ3v) is 12.2. The molecule has 0 spiro atoms. The monoisotopic (exact) mass is 1840 g/mol. The lowest BCUT2D eigenvalue weighted by molar-refractivity contribution is -0.159. The van der Waals surface area contributed by atoms with Crippen molar-refractivity contribution in [2.24, 2.45) is 0 Å². The molecule has 506 valence electrons. The first-order valence-corrected chi connectivity index (χ1v) is 33.6. The normalized spacial score (nSPS) is 11.5. The lowest BCUT2D eigenvalue weighted by Crippen LogP contribution is -2.40. The van der Waals surface area contributed by atoms with Gasteiger partial charge in [-0.1, -0.05) is 154 Å². The van der Waals surface area contributed by atoms with E-state index in [1.54, 1.807) is 76.2 Å². The molecule has 0 aliphatic rings. The summed E-state index contributed by atoms with van der Waals surface area (Å²) in [4.78, 5) is 97.4. The molecule has 2 aromatic rings. The number of carbonyl (C=O) groups excluding carboxylic acids is 9. The predicted octanol–water partition coefficient (Wildman–Crippen LogP) is 15.9. The van der Waals surface area contributed by atoms with Crippen LogP contribution in [0.2, 0.25) is 0 Å². The standard InChI is InChI=1S/C10H11BrO2.C8H13BrO4.C8H9Br.C7H11BrO4.C5H6BrNO2.C5H9BrO2.C4H5BrF2O2.C4H6BrFO2.C3H4BrN.C2H6/c1-2-13-10(12)9(11)8-6-4-3-5-7-8;1-4-12-6(10)8(3,9)7(11)13-5-2;1-7(9)8-5-3-2-4-6-8;1-3-11-6(9)5(8)7(10)12-4-2;1-3-9-5(8)4(6)7-2;1-5(2,6)4(7)8-3;1-2-9-3(8)4(5,6)7;1-2-8-4(7)3(5)6;1-3(4)5-2;1-2/h3-7,9H,2H2,1H3;4-5H2,1-3H3;2-7H,1H3;5H,3-4H2,1-2H3;4H,3H2,1H3;1-3H3;2H2,1H3;3H,2H2,1H3;3H,1H3;1-2H3/i;;;;;;;;;1D. The first-order valence-electron chi connectivity index (χ1n) is 26.4. The minimum Gasteiger partial charge on any atom is -0.468 e. The van der Waals surface area contributed by atoms with E-state index in [1.165, 1.54) is 26.5 Å². The van der Waals surface area contributed by atoms with Crippen LogP contribution in [0.25, 0.3) is 9.69 Å². The predicted molar refractivity (Wildman–Crippen MR) is 363 cm³/mol. The molecule has 0 amide bonds. The molecule has 0 N–H and O–H groups in total. The third-order valence-electron chi connectivity index (χ3n) is 7.56. The highest BCUT2D eigenvalue weighted by Crippen LogP contribution is 2.25. The number of esters is 9. The fourth-order valence-corrected chi connectivity index (χ4v) is 5.54. The van der Waals surface area contributed by atoms with Crippen molar-refractivity contribution in [3.8, 4) is 0 Å². The molecule has 20 nitrogen and oxygen atoms in total. The van der Waals surface area contributed by atoms with Gasteiger partial charge in [-0.2, -0.15) is 8.78 Å². The SMILES string of the molecule is CC(Br)c1ccccc1.CCOC(=O)C(Br)C(=O)OCC.CCOC(=O)C(Br)c1ccccc1.CCOC(=O)C(C)(Br)C(=O)OCC.CCOC(=O)C(F)(F)Br.CCOC(=O)C(F)Br.COC(=O)C(C)(C)Br.[2H]CC.[C-]#[N+]C(Br)C(=O)OCC.[C-]#[N+]C(C)Br. The summed E-state index contributed by atoms with van der Waals surface area (Å²) in [6, 6.07) is 19.8. The number of hydrogen-bond donors (Lipinski definition) is 0. The first kappa shape index (κ1) is 98.3. The molecule has 2 aromatic carbocycles. The van der Waals surface area contributed by atoms with Crippen molar-refractivity contribution in [1.82, 2.24) is 0 Å². The van der Waals surface area contributed by atoms with E-state index in [9.17, 15) is 56.3 Å². The van der Waals surface area contributed by atoms with Gasteiger partial charge in [0.2, 0.25) is 9.15 Å². The first-order chi connectivity index (χ1) is 41.2. The molecule has 0 aromatic heterocycles. The van der Waals surface area contributed by atoms with Crippen molar-refractivity contribution in [3.05, 3.63) is 94.6 Å². The number of benzene rings is 2. The summed E-state index contributed by atoms with van der Waals surface area (Å²) in [6.45, 7) is 38.8. The van der Waals surface area contributed by atoms with Crippen molar-refractivity contribution >= 4 is 197 Å². The molecular formula is C56H80Br9F3N2O18. The molecule has 0 bridgehead atoms. The van der Waals surface area contributed by atoms with E-state index in [4.69, 9.17) is 19.3 Å². The van der Waals surface area contributed by atoms with Gasteiger partial charge in [0.25, 0.3) is 10.0 Å². The fraction of sp³-hybridized carbons (Fsp3) is 0.589. The van der Waals surface area contributed by atoms with Crippen LogP contribution in [0.3, 0.4) is 0 Å². The molecule has 0 fully saturated rings. The number of alkyl halides is 12. The molecule has 0 saturated carbocycles. The molecular weight excluding hydrogens is 1760 g/mol. The Bertz CT molecular complexity index is 2260. The molecule has 88 heavy (non-hydrogen) atoms. The topological polar surface area (TPSA) is 245 Å². The zero-order valence-corrected chi connectivity index (χ0v) is 65.7. The van der Waals surface area contributed by atoms with Gasteiger partial charge < -0.3 is 47.5 Å². The summed E-state index contributed by atoms with van der Waals surface area (Å²) >= 11 is 25.8. The smallest absolute Gasteiger partial charge is 0.402 e. The number of nitrogens with zero attached hydrogens (tertiary/aromatic N) is 2. The Hall–Kier alpha value is -3.24. The van der Waals surface area contributed by atoms with Crippen molar-refractivity contribution in [2.75, 3.05) is 60.0 Å².